The molecular formula is C19H26N2O2. The van der Waals surface area contributed by atoms with E-state index in [4.69, 9.17) is 9.26 Å². The van der Waals surface area contributed by atoms with E-state index < -0.39 is 0 Å². The molecule has 1 unspecified atom stereocenters. The molecule has 4 nitrogen and oxygen atoms in total. The summed E-state index contributed by atoms with van der Waals surface area (Å²) < 4.78 is 10.6. The van der Waals surface area contributed by atoms with Crippen LogP contribution in [-0.4, -0.2) is 23.7 Å². The van der Waals surface area contributed by atoms with E-state index in [2.05, 4.69) is 34.3 Å². The van der Waals surface area contributed by atoms with Crippen molar-refractivity contribution in [2.75, 3.05) is 13.7 Å². The molecule has 2 aromatic rings. The molecule has 1 aliphatic heterocycles. The lowest BCUT2D eigenvalue weighted by molar-refractivity contribution is 0.191. The van der Waals surface area contributed by atoms with Gasteiger partial charge in [-0.3, -0.25) is 4.90 Å². The molecule has 1 fully saturated rings. The smallest absolute Gasteiger partial charge is 0.138 e. The summed E-state index contributed by atoms with van der Waals surface area (Å²) in [5.41, 5.74) is 3.63. The highest BCUT2D eigenvalue weighted by molar-refractivity contribution is 5.30. The Morgan fingerprint density at radius 1 is 1.17 bits per heavy atom. The maximum absolute atomic E-state index is 5.35. The molecule has 1 atom stereocenters. The zero-order valence-corrected chi connectivity index (χ0v) is 14.3. The minimum atomic E-state index is 0.456. The van der Waals surface area contributed by atoms with Crippen molar-refractivity contribution >= 4 is 0 Å². The molecule has 0 aliphatic carbocycles. The quantitative estimate of drug-likeness (QED) is 0.837. The molecule has 124 valence electrons. The average Bonchev–Trinajstić information content (AvgIpc) is 2.78. The molecule has 0 radical (unpaired) electrons. The predicted molar refractivity (Wildman–Crippen MR) is 90.6 cm³/mol. The van der Waals surface area contributed by atoms with Crippen molar-refractivity contribution in [1.82, 2.24) is 10.1 Å². The number of hydrogen-bond donors (Lipinski definition) is 0. The third kappa shape index (κ3) is 3.58. The summed E-state index contributed by atoms with van der Waals surface area (Å²) >= 11 is 0. The van der Waals surface area contributed by atoms with Crippen LogP contribution in [-0.2, 0) is 6.54 Å². The van der Waals surface area contributed by atoms with E-state index in [0.29, 0.717) is 6.04 Å². The average molecular weight is 314 g/mol. The first kappa shape index (κ1) is 16.1. The summed E-state index contributed by atoms with van der Waals surface area (Å²) in [5.74, 6) is 1.86. The summed E-state index contributed by atoms with van der Waals surface area (Å²) in [6.07, 6.45) is 5.06. The van der Waals surface area contributed by atoms with Crippen LogP contribution in [0.5, 0.6) is 5.75 Å². The Balaban J connectivity index is 1.84. The van der Waals surface area contributed by atoms with E-state index in [-0.39, 0.29) is 0 Å². The van der Waals surface area contributed by atoms with Gasteiger partial charge < -0.3 is 9.26 Å². The number of aromatic nitrogens is 1. The fraction of sp³-hybridized carbons (Fsp3) is 0.526. The van der Waals surface area contributed by atoms with Crippen LogP contribution in [0.1, 0.15) is 54.3 Å². The maximum atomic E-state index is 5.35. The largest absolute Gasteiger partial charge is 0.497 e. The number of nitrogens with zero attached hydrogens (tertiary/aromatic N) is 2. The van der Waals surface area contributed by atoms with Crippen molar-refractivity contribution in [3.63, 3.8) is 0 Å². The minimum absolute atomic E-state index is 0.456. The molecule has 1 saturated heterocycles. The Hall–Kier alpha value is -1.81. The molecule has 0 N–H and O–H groups in total. The van der Waals surface area contributed by atoms with Crippen LogP contribution in [0.25, 0.3) is 0 Å². The van der Waals surface area contributed by atoms with Crippen molar-refractivity contribution in [2.24, 2.45) is 0 Å². The zero-order valence-electron chi connectivity index (χ0n) is 14.3. The highest BCUT2D eigenvalue weighted by Crippen LogP contribution is 2.33. The van der Waals surface area contributed by atoms with E-state index in [0.717, 1.165) is 30.3 Å². The second-order valence-corrected chi connectivity index (χ2v) is 6.41. The first-order valence-electron chi connectivity index (χ1n) is 8.49. The maximum Gasteiger partial charge on any atom is 0.138 e. The van der Waals surface area contributed by atoms with E-state index in [1.165, 1.54) is 36.8 Å². The van der Waals surface area contributed by atoms with E-state index in [9.17, 15) is 0 Å². The summed E-state index contributed by atoms with van der Waals surface area (Å²) in [5, 5.41) is 4.11. The molecule has 2 heterocycles. The van der Waals surface area contributed by atoms with Gasteiger partial charge in [0.15, 0.2) is 0 Å². The lowest BCUT2D eigenvalue weighted by Gasteiger charge is -2.30. The second kappa shape index (κ2) is 7.18. The summed E-state index contributed by atoms with van der Waals surface area (Å²) in [6.45, 7) is 6.08. The molecule has 1 aromatic heterocycles. The lowest BCUT2D eigenvalue weighted by atomic mass is 10.00. The number of hydrogen-bond acceptors (Lipinski definition) is 4. The second-order valence-electron chi connectivity index (χ2n) is 6.41. The van der Waals surface area contributed by atoms with E-state index in [1.807, 2.05) is 13.8 Å². The van der Waals surface area contributed by atoms with E-state index >= 15 is 0 Å². The number of ether oxygens (including phenoxy) is 1. The Morgan fingerprint density at radius 2 is 1.96 bits per heavy atom. The van der Waals surface area contributed by atoms with Gasteiger partial charge in [-0.15, -0.1) is 0 Å². The molecule has 0 bridgehead atoms. The van der Waals surface area contributed by atoms with Gasteiger partial charge in [-0.1, -0.05) is 30.1 Å². The van der Waals surface area contributed by atoms with Crippen LogP contribution in [0.4, 0.5) is 0 Å². The van der Waals surface area contributed by atoms with Crippen LogP contribution in [0.15, 0.2) is 28.8 Å². The fourth-order valence-electron chi connectivity index (χ4n) is 3.49. The van der Waals surface area contributed by atoms with Gasteiger partial charge in [0, 0.05) is 18.2 Å². The van der Waals surface area contributed by atoms with Gasteiger partial charge in [0.1, 0.15) is 11.5 Å². The summed E-state index contributed by atoms with van der Waals surface area (Å²) in [6, 6.07) is 8.99. The zero-order chi connectivity index (χ0) is 16.2. The molecule has 0 spiro atoms. The number of methoxy groups -OCH3 is 1. The molecule has 4 heteroatoms. The van der Waals surface area contributed by atoms with Crippen LogP contribution in [0.3, 0.4) is 0 Å². The normalized spacial score (nSPS) is 19.5. The fourth-order valence-corrected chi connectivity index (χ4v) is 3.49. The van der Waals surface area contributed by atoms with Crippen LogP contribution < -0.4 is 4.74 Å². The van der Waals surface area contributed by atoms with Gasteiger partial charge in [0.05, 0.1) is 12.8 Å². The Kier molecular flexibility index (Phi) is 5.01. The molecule has 23 heavy (non-hydrogen) atoms. The predicted octanol–water partition coefficient (Wildman–Crippen LogP) is 4.42. The molecule has 1 aliphatic rings. The van der Waals surface area contributed by atoms with Crippen molar-refractivity contribution in [1.29, 1.82) is 0 Å². The monoisotopic (exact) mass is 314 g/mol. The van der Waals surface area contributed by atoms with Gasteiger partial charge in [-0.05, 0) is 50.9 Å². The molecule has 3 rings (SSSR count). The standard InChI is InChI=1S/C19H26N2O2/c1-14-18(15(2)23-20-14)13-21-12-6-4-5-7-19(21)16-8-10-17(22-3)11-9-16/h8-11,19H,4-7,12-13H2,1-3H3. The van der Waals surface area contributed by atoms with Crippen molar-refractivity contribution in [2.45, 2.75) is 52.1 Å². The van der Waals surface area contributed by atoms with Gasteiger partial charge in [0.25, 0.3) is 0 Å². The summed E-state index contributed by atoms with van der Waals surface area (Å²) in [4.78, 5) is 2.58. The molecule has 0 saturated carbocycles. The van der Waals surface area contributed by atoms with Crippen LogP contribution in [0, 0.1) is 13.8 Å². The lowest BCUT2D eigenvalue weighted by Crippen LogP contribution is -2.28. The van der Waals surface area contributed by atoms with Crippen LogP contribution in [0.2, 0.25) is 0 Å². The highest BCUT2D eigenvalue weighted by atomic mass is 16.5. The number of aryl methyl sites for hydroxylation is 2. The molecule has 1 aromatic carbocycles. The first-order valence-corrected chi connectivity index (χ1v) is 8.49. The number of likely N-dealkylation sites (tertiary alicyclic amines) is 1. The Labute approximate surface area is 138 Å². The molecule has 0 amide bonds. The van der Waals surface area contributed by atoms with E-state index in [1.54, 1.807) is 7.11 Å². The number of benzene rings is 1. The van der Waals surface area contributed by atoms with Crippen LogP contribution >= 0.6 is 0 Å². The minimum Gasteiger partial charge on any atom is -0.497 e. The summed E-state index contributed by atoms with van der Waals surface area (Å²) in [7, 11) is 1.71. The third-order valence-corrected chi connectivity index (χ3v) is 4.91. The Morgan fingerprint density at radius 3 is 2.61 bits per heavy atom. The topological polar surface area (TPSA) is 38.5 Å². The van der Waals surface area contributed by atoms with Gasteiger partial charge in [-0.2, -0.15) is 0 Å². The van der Waals surface area contributed by atoms with Gasteiger partial charge in [0.2, 0.25) is 0 Å². The number of rotatable bonds is 4. The van der Waals surface area contributed by atoms with Crippen molar-refractivity contribution in [3.05, 3.63) is 46.8 Å². The highest BCUT2D eigenvalue weighted by Gasteiger charge is 2.24. The molecular weight excluding hydrogens is 288 g/mol. The SMILES string of the molecule is COc1ccc(C2CCCCCN2Cc2c(C)noc2C)cc1. The van der Waals surface area contributed by atoms with Crippen molar-refractivity contribution < 1.29 is 9.26 Å². The Bertz CT molecular complexity index is 614. The van der Waals surface area contributed by atoms with Gasteiger partial charge >= 0.3 is 0 Å². The first-order chi connectivity index (χ1) is 11.2. The third-order valence-electron chi connectivity index (χ3n) is 4.91. The van der Waals surface area contributed by atoms with Crippen molar-refractivity contribution in [3.8, 4) is 5.75 Å². The van der Waals surface area contributed by atoms with Gasteiger partial charge in [-0.25, -0.2) is 0 Å².